The Kier molecular flexibility index (Phi) is 5.87. The zero-order valence-corrected chi connectivity index (χ0v) is 14.6. The second kappa shape index (κ2) is 7.21. The highest BCUT2D eigenvalue weighted by atomic mass is 79.9. The van der Waals surface area contributed by atoms with E-state index in [4.69, 9.17) is 0 Å². The first-order chi connectivity index (χ1) is 9.08. The van der Waals surface area contributed by atoms with Gasteiger partial charge in [-0.25, -0.2) is 0 Å². The molecule has 1 N–H and O–H groups in total. The molecular weight excluding hydrogens is 320 g/mol. The van der Waals surface area contributed by atoms with Crippen molar-refractivity contribution in [3.63, 3.8) is 0 Å². The zero-order chi connectivity index (χ0) is 13.8. The summed E-state index contributed by atoms with van der Waals surface area (Å²) in [5.41, 5.74) is 0. The molecule has 2 rings (SSSR count). The van der Waals surface area contributed by atoms with Crippen molar-refractivity contribution in [2.75, 3.05) is 19.6 Å². The van der Waals surface area contributed by atoms with Gasteiger partial charge in [-0.1, -0.05) is 13.8 Å². The fourth-order valence-corrected chi connectivity index (χ4v) is 4.38. The van der Waals surface area contributed by atoms with Crippen LogP contribution in [0.1, 0.15) is 36.4 Å². The summed E-state index contributed by atoms with van der Waals surface area (Å²) in [5.74, 6) is 0.724. The summed E-state index contributed by atoms with van der Waals surface area (Å²) < 4.78 is 1.24. The molecule has 0 spiro atoms. The van der Waals surface area contributed by atoms with Crippen LogP contribution in [0.15, 0.2) is 10.5 Å². The Morgan fingerprint density at radius 1 is 1.37 bits per heavy atom. The lowest BCUT2D eigenvalue weighted by atomic mass is 10.0. The van der Waals surface area contributed by atoms with E-state index < -0.39 is 0 Å². The Morgan fingerprint density at radius 2 is 2.05 bits per heavy atom. The highest BCUT2D eigenvalue weighted by molar-refractivity contribution is 9.10. The van der Waals surface area contributed by atoms with Gasteiger partial charge in [0.05, 0.1) is 0 Å². The number of thiophene rings is 1. The molecular formula is C15H25BrN2S. The molecule has 0 saturated carbocycles. The van der Waals surface area contributed by atoms with Crippen molar-refractivity contribution in [3.05, 3.63) is 20.3 Å². The third kappa shape index (κ3) is 4.28. The Labute approximate surface area is 129 Å². The third-order valence-electron chi connectivity index (χ3n) is 3.94. The summed E-state index contributed by atoms with van der Waals surface area (Å²) in [4.78, 5) is 5.46. The van der Waals surface area contributed by atoms with E-state index in [1.807, 2.05) is 11.3 Å². The molecule has 2 nitrogen and oxygen atoms in total. The van der Waals surface area contributed by atoms with Gasteiger partial charge in [0, 0.05) is 33.4 Å². The SMILES string of the molecule is Cc1sc(CNCC(C(C)C)N2CCCC2)cc1Br. The molecule has 1 atom stereocenters. The highest BCUT2D eigenvalue weighted by Gasteiger charge is 2.24. The van der Waals surface area contributed by atoms with Crippen LogP contribution in [-0.4, -0.2) is 30.6 Å². The first-order valence-corrected chi connectivity index (χ1v) is 8.88. The van der Waals surface area contributed by atoms with E-state index in [-0.39, 0.29) is 0 Å². The van der Waals surface area contributed by atoms with Crippen molar-refractivity contribution in [3.8, 4) is 0 Å². The Morgan fingerprint density at radius 3 is 2.58 bits per heavy atom. The van der Waals surface area contributed by atoms with Gasteiger partial charge in [0.15, 0.2) is 0 Å². The fraction of sp³-hybridized carbons (Fsp3) is 0.733. The number of rotatable bonds is 6. The van der Waals surface area contributed by atoms with Crippen molar-refractivity contribution < 1.29 is 0 Å². The molecule has 108 valence electrons. The first-order valence-electron chi connectivity index (χ1n) is 7.27. The van der Waals surface area contributed by atoms with E-state index in [0.717, 1.165) is 19.0 Å². The van der Waals surface area contributed by atoms with Gasteiger partial charge in [-0.15, -0.1) is 11.3 Å². The predicted octanol–water partition coefficient (Wildman–Crippen LogP) is 4.03. The van der Waals surface area contributed by atoms with E-state index >= 15 is 0 Å². The average molecular weight is 345 g/mol. The number of likely N-dealkylation sites (tertiary alicyclic amines) is 1. The molecule has 0 radical (unpaired) electrons. The van der Waals surface area contributed by atoms with E-state index in [2.05, 4.69) is 53.0 Å². The van der Waals surface area contributed by atoms with Gasteiger partial charge in [0.1, 0.15) is 0 Å². The Hall–Kier alpha value is 0.100. The minimum Gasteiger partial charge on any atom is -0.310 e. The zero-order valence-electron chi connectivity index (χ0n) is 12.2. The maximum absolute atomic E-state index is 3.65. The van der Waals surface area contributed by atoms with Gasteiger partial charge in [-0.2, -0.15) is 0 Å². The molecule has 2 heterocycles. The molecule has 0 aromatic carbocycles. The van der Waals surface area contributed by atoms with E-state index in [9.17, 15) is 0 Å². The Balaban J connectivity index is 1.82. The van der Waals surface area contributed by atoms with E-state index in [1.54, 1.807) is 0 Å². The maximum Gasteiger partial charge on any atom is 0.0314 e. The quantitative estimate of drug-likeness (QED) is 0.837. The highest BCUT2D eigenvalue weighted by Crippen LogP contribution is 2.26. The van der Waals surface area contributed by atoms with Crippen LogP contribution in [0.2, 0.25) is 0 Å². The normalized spacial score (nSPS) is 18.4. The van der Waals surface area contributed by atoms with Gasteiger partial charge < -0.3 is 5.32 Å². The molecule has 0 bridgehead atoms. The van der Waals surface area contributed by atoms with Crippen molar-refractivity contribution in [1.82, 2.24) is 10.2 Å². The molecule has 0 aliphatic carbocycles. The largest absolute Gasteiger partial charge is 0.310 e. The summed E-state index contributed by atoms with van der Waals surface area (Å²) in [6.45, 7) is 11.5. The van der Waals surface area contributed by atoms with Crippen molar-refractivity contribution >= 4 is 27.3 Å². The molecule has 1 aromatic rings. The van der Waals surface area contributed by atoms with Crippen molar-refractivity contribution in [2.45, 2.75) is 46.2 Å². The second-order valence-corrected chi connectivity index (χ2v) is 8.00. The van der Waals surface area contributed by atoms with Gasteiger partial charge in [0.2, 0.25) is 0 Å². The van der Waals surface area contributed by atoms with Crippen LogP contribution in [-0.2, 0) is 6.54 Å². The van der Waals surface area contributed by atoms with Crippen LogP contribution in [0.3, 0.4) is 0 Å². The topological polar surface area (TPSA) is 15.3 Å². The second-order valence-electron chi connectivity index (χ2n) is 5.80. The molecule has 1 aliphatic heterocycles. The number of nitrogens with zero attached hydrogens (tertiary/aromatic N) is 1. The van der Waals surface area contributed by atoms with Gasteiger partial charge in [-0.05, 0) is 60.8 Å². The Bertz CT molecular complexity index is 377. The molecule has 1 unspecified atom stereocenters. The summed E-state index contributed by atoms with van der Waals surface area (Å²) in [6, 6.07) is 2.93. The number of halogens is 1. The van der Waals surface area contributed by atoms with Gasteiger partial charge >= 0.3 is 0 Å². The van der Waals surface area contributed by atoms with Crippen LogP contribution in [0.4, 0.5) is 0 Å². The standard InChI is InChI=1S/C15H25BrN2S/c1-11(2)15(18-6-4-5-7-18)10-17-9-13-8-14(16)12(3)19-13/h8,11,15,17H,4-7,9-10H2,1-3H3. The fourth-order valence-electron chi connectivity index (χ4n) is 2.81. The molecule has 4 heteroatoms. The summed E-state index contributed by atoms with van der Waals surface area (Å²) in [5, 5.41) is 3.65. The molecule has 0 amide bonds. The van der Waals surface area contributed by atoms with Crippen LogP contribution in [0.5, 0.6) is 0 Å². The maximum atomic E-state index is 3.65. The lowest BCUT2D eigenvalue weighted by Gasteiger charge is -2.31. The lowest BCUT2D eigenvalue weighted by Crippen LogP contribution is -2.43. The summed E-state index contributed by atoms with van der Waals surface area (Å²) >= 11 is 5.47. The minimum absolute atomic E-state index is 0.687. The van der Waals surface area contributed by atoms with E-state index in [1.165, 1.54) is 40.2 Å². The van der Waals surface area contributed by atoms with Crippen molar-refractivity contribution in [1.29, 1.82) is 0 Å². The number of hydrogen-bond acceptors (Lipinski definition) is 3. The van der Waals surface area contributed by atoms with Crippen LogP contribution >= 0.6 is 27.3 Å². The molecule has 19 heavy (non-hydrogen) atoms. The van der Waals surface area contributed by atoms with Crippen LogP contribution in [0, 0.1) is 12.8 Å². The minimum atomic E-state index is 0.687. The number of nitrogens with one attached hydrogen (secondary N) is 1. The molecule has 1 aromatic heterocycles. The molecule has 1 saturated heterocycles. The van der Waals surface area contributed by atoms with Crippen LogP contribution in [0.25, 0.3) is 0 Å². The van der Waals surface area contributed by atoms with Crippen LogP contribution < -0.4 is 5.32 Å². The number of aryl methyl sites for hydroxylation is 1. The molecule has 1 fully saturated rings. The number of hydrogen-bond donors (Lipinski definition) is 1. The van der Waals surface area contributed by atoms with Gasteiger partial charge in [-0.3, -0.25) is 4.90 Å². The first kappa shape index (κ1) is 15.5. The monoisotopic (exact) mass is 344 g/mol. The molecule has 1 aliphatic rings. The summed E-state index contributed by atoms with van der Waals surface area (Å²) in [7, 11) is 0. The van der Waals surface area contributed by atoms with Crippen molar-refractivity contribution in [2.24, 2.45) is 5.92 Å². The average Bonchev–Trinajstić information content (AvgIpc) is 2.96. The predicted molar refractivity (Wildman–Crippen MR) is 87.9 cm³/mol. The third-order valence-corrected chi connectivity index (χ3v) is 6.08. The lowest BCUT2D eigenvalue weighted by molar-refractivity contribution is 0.186. The van der Waals surface area contributed by atoms with Gasteiger partial charge in [0.25, 0.3) is 0 Å². The van der Waals surface area contributed by atoms with E-state index in [0.29, 0.717) is 6.04 Å². The smallest absolute Gasteiger partial charge is 0.0314 e. The summed E-state index contributed by atoms with van der Waals surface area (Å²) in [6.07, 6.45) is 2.75.